The van der Waals surface area contributed by atoms with E-state index in [1.165, 1.54) is 42.5 Å². The maximum absolute atomic E-state index is 13.1. The summed E-state index contributed by atoms with van der Waals surface area (Å²) in [7, 11) is -4.88. The average Bonchev–Trinajstić information content (AvgIpc) is 2.92. The Morgan fingerprint density at radius 3 is 1.77 bits per heavy atom. The Balaban J connectivity index is 0.00000800. The summed E-state index contributed by atoms with van der Waals surface area (Å²) >= 11 is 6.39. The second-order valence-corrected chi connectivity index (χ2v) is 13.2. The first-order valence-electron chi connectivity index (χ1n) is 13.1. The molecule has 15 nitrogen and oxygen atoms in total. The zero-order chi connectivity index (χ0) is 35.2. The van der Waals surface area contributed by atoms with E-state index in [0.29, 0.717) is 0 Å². The van der Waals surface area contributed by atoms with Gasteiger partial charge in [0.2, 0.25) is 0 Å². The van der Waals surface area contributed by atoms with Crippen LogP contribution in [0.5, 0.6) is 5.75 Å². The van der Waals surface area contributed by atoms with Crippen molar-refractivity contribution in [3.05, 3.63) is 85.3 Å². The number of carboxylic acids is 4. The van der Waals surface area contributed by atoms with Crippen molar-refractivity contribution in [2.24, 2.45) is 0 Å². The summed E-state index contributed by atoms with van der Waals surface area (Å²) in [5, 5.41) is 48.0. The van der Waals surface area contributed by atoms with Gasteiger partial charge in [0.25, 0.3) is 10.1 Å². The van der Waals surface area contributed by atoms with E-state index in [9.17, 15) is 62.5 Å². The van der Waals surface area contributed by atoms with Gasteiger partial charge in [-0.1, -0.05) is 18.2 Å². The normalized spacial score (nSPS) is 14.2. The number of rotatable bonds is 15. The quantitative estimate of drug-likeness (QED) is 0.111. The number of halogens is 2. The molecule has 19 heteroatoms. The molecule has 0 aliphatic heterocycles. The van der Waals surface area contributed by atoms with Gasteiger partial charge in [-0.25, -0.2) is 0 Å². The number of Topliss-reactive ketones (excluding diaryl/α,β-unsaturated/α-hetero) is 1. The van der Waals surface area contributed by atoms with Gasteiger partial charge in [0.15, 0.2) is 5.78 Å². The zero-order valence-electron chi connectivity index (χ0n) is 25.0. The van der Waals surface area contributed by atoms with Gasteiger partial charge in [0.05, 0.1) is 35.1 Å². The van der Waals surface area contributed by atoms with Crippen LogP contribution in [-0.4, -0.2) is 140 Å². The molecule has 0 aromatic heterocycles. The van der Waals surface area contributed by atoms with Crippen LogP contribution in [0.2, 0.25) is 0 Å². The molecule has 0 amide bonds. The monoisotopic (exact) mass is 823 g/mol. The smallest absolute Gasteiger partial charge is 0.317 e. The topological polar surface area (TPSA) is 247 Å². The molecule has 0 atom stereocenters. The van der Waals surface area contributed by atoms with Crippen LogP contribution in [0, 0.1) is 0 Å². The summed E-state index contributed by atoms with van der Waals surface area (Å²) in [6.07, 6.45) is 2.61. The van der Waals surface area contributed by atoms with E-state index in [-0.39, 0.29) is 77.7 Å². The number of hydrogen-bond acceptors (Lipinski definition) is 10. The Morgan fingerprint density at radius 2 is 1.27 bits per heavy atom. The molecule has 48 heavy (non-hydrogen) atoms. The van der Waals surface area contributed by atoms with E-state index in [2.05, 4.69) is 31.9 Å². The van der Waals surface area contributed by atoms with E-state index in [1.54, 1.807) is 0 Å². The van der Waals surface area contributed by atoms with Gasteiger partial charge in [0, 0.05) is 59.3 Å². The average molecular weight is 825 g/mol. The largest absolute Gasteiger partial charge is 0.506 e. The molecule has 1 aliphatic carbocycles. The zero-order valence-corrected chi connectivity index (χ0v) is 30.9. The maximum atomic E-state index is 13.1. The number of phenolic OH excluding ortho intramolecular Hbond substituents is 1. The van der Waals surface area contributed by atoms with Crippen molar-refractivity contribution < 1.29 is 62.5 Å². The molecule has 0 saturated carbocycles. The van der Waals surface area contributed by atoms with Gasteiger partial charge >= 0.3 is 23.9 Å². The third-order valence-corrected chi connectivity index (χ3v) is 8.60. The fourth-order valence-electron chi connectivity index (χ4n) is 4.79. The summed E-state index contributed by atoms with van der Waals surface area (Å²) < 4.78 is 35.1. The van der Waals surface area contributed by atoms with E-state index < -0.39 is 83.9 Å². The fraction of sp³-hybridized carbons (Fsp3) is 0.207. The molecule has 3 rings (SSSR count). The van der Waals surface area contributed by atoms with E-state index >= 15 is 0 Å². The Bertz CT molecular complexity index is 1830. The minimum atomic E-state index is -4.88. The number of nitrogens with zero attached hydrogens (tertiary/aromatic N) is 2. The standard InChI is InChI=1S/C29H26Br2N2O13S.Na/c30-20-7-15(5-17(28(20)42)9-32(11-23(34)35)12-24(36)37)27(19-3-1-2-4-22(19)47(44,45)46)16-6-18(29(43)21(31)8-16)10-33(13-25(38)39)14-26(40)41;/h1-8,42H,9-14H2,(H,34,35)(H,36,37)(H,38,39)(H,40,41)(H,44,45,46);/b27-16+;. The fourth-order valence-corrected chi connectivity index (χ4v) is 6.49. The minimum absolute atomic E-state index is 0. The molecule has 0 unspecified atom stereocenters. The number of aliphatic carboxylic acids is 4. The maximum Gasteiger partial charge on any atom is 0.317 e. The molecule has 0 heterocycles. The molecule has 6 N–H and O–H groups in total. The molecule has 0 bridgehead atoms. The Hall–Kier alpha value is -3.20. The van der Waals surface area contributed by atoms with Crippen LogP contribution in [0.1, 0.15) is 16.7 Å². The summed E-state index contributed by atoms with van der Waals surface area (Å²) in [5.74, 6) is -6.40. The minimum Gasteiger partial charge on any atom is -0.506 e. The van der Waals surface area contributed by atoms with Gasteiger partial charge in [-0.3, -0.25) is 38.3 Å². The van der Waals surface area contributed by atoms with Crippen molar-refractivity contribution in [2.75, 3.05) is 32.7 Å². The number of phenols is 1. The number of hydrogen-bond donors (Lipinski definition) is 6. The number of benzene rings is 2. The summed E-state index contributed by atoms with van der Waals surface area (Å²) in [4.78, 5) is 60.2. The first-order chi connectivity index (χ1) is 21.9. The Labute approximate surface area is 312 Å². The molecule has 1 aliphatic rings. The van der Waals surface area contributed by atoms with Crippen molar-refractivity contribution in [1.29, 1.82) is 0 Å². The van der Waals surface area contributed by atoms with Gasteiger partial charge < -0.3 is 25.5 Å². The van der Waals surface area contributed by atoms with Gasteiger partial charge in [-0.2, -0.15) is 8.42 Å². The second-order valence-electron chi connectivity index (χ2n) is 10.1. The molecule has 0 saturated heterocycles. The third kappa shape index (κ3) is 11.2. The van der Waals surface area contributed by atoms with Crippen LogP contribution in [0.3, 0.4) is 0 Å². The van der Waals surface area contributed by atoms with Crippen LogP contribution < -0.4 is 0 Å². The molecule has 0 fully saturated rings. The molecule has 1 radical (unpaired) electrons. The van der Waals surface area contributed by atoms with Crippen molar-refractivity contribution in [3.8, 4) is 5.75 Å². The molecule has 0 spiro atoms. The molecular formula is C29H26Br2N2NaO13S. The molecule has 2 aromatic carbocycles. The second kappa shape index (κ2) is 17.5. The van der Waals surface area contributed by atoms with Crippen LogP contribution >= 0.6 is 31.9 Å². The van der Waals surface area contributed by atoms with E-state index in [0.717, 1.165) is 15.9 Å². The van der Waals surface area contributed by atoms with Crippen LogP contribution in [0.15, 0.2) is 73.5 Å². The van der Waals surface area contributed by atoms with Crippen molar-refractivity contribution in [2.45, 2.75) is 11.4 Å². The molecule has 251 valence electrons. The number of ketones is 1. The Kier molecular flexibility index (Phi) is 14.9. The Morgan fingerprint density at radius 1 is 0.771 bits per heavy atom. The van der Waals surface area contributed by atoms with Gasteiger partial charge in [-0.15, -0.1) is 0 Å². The summed E-state index contributed by atoms with van der Waals surface area (Å²) in [5.41, 5.74) is 0.183. The molecule has 2 aromatic rings. The number of carboxylic acid groups (broad SMARTS) is 4. The van der Waals surface area contributed by atoms with Crippen LogP contribution in [0.25, 0.3) is 5.57 Å². The third-order valence-electron chi connectivity index (χ3n) is 6.50. The first-order valence-corrected chi connectivity index (χ1v) is 16.2. The predicted octanol–water partition coefficient (Wildman–Crippen LogP) is 2.05. The summed E-state index contributed by atoms with van der Waals surface area (Å²) in [6.45, 7) is -3.71. The van der Waals surface area contributed by atoms with Gasteiger partial charge in [-0.05, 0) is 78.9 Å². The predicted molar refractivity (Wildman–Crippen MR) is 176 cm³/mol. The van der Waals surface area contributed by atoms with E-state index in [4.69, 9.17) is 0 Å². The molecular weight excluding hydrogens is 799 g/mol. The first kappa shape index (κ1) is 41.0. The van der Waals surface area contributed by atoms with E-state index in [1.807, 2.05) is 0 Å². The number of aromatic hydroxyl groups is 1. The number of carbonyl (C=O) groups excluding carboxylic acids is 1. The SMILES string of the molecule is O=C(O)CN(CC(=O)O)CC1=C/C(=C(/c2cc(Br)c(O)c(CN(CC(=O)O)CC(=O)O)c2)c2ccccc2S(=O)(=O)O)C=C(Br)C1=O.[Na]. The van der Waals surface area contributed by atoms with Crippen molar-refractivity contribution in [3.63, 3.8) is 0 Å². The van der Waals surface area contributed by atoms with Crippen LogP contribution in [0.4, 0.5) is 0 Å². The van der Waals surface area contributed by atoms with Crippen LogP contribution in [-0.2, 0) is 40.6 Å². The van der Waals surface area contributed by atoms with Gasteiger partial charge in [0.1, 0.15) is 10.6 Å². The summed E-state index contributed by atoms with van der Waals surface area (Å²) in [6, 6.07) is 7.97. The van der Waals surface area contributed by atoms with Crippen molar-refractivity contribution >= 4 is 107 Å². The number of allylic oxidation sites excluding steroid dienone is 4. The number of carbonyl (C=O) groups is 5. The van der Waals surface area contributed by atoms with Crippen molar-refractivity contribution in [1.82, 2.24) is 9.80 Å².